The molecule has 0 atom stereocenters. The van der Waals surface area contributed by atoms with Gasteiger partial charge in [-0.25, -0.2) is 13.1 Å². The second-order valence-corrected chi connectivity index (χ2v) is 8.42. The van der Waals surface area contributed by atoms with E-state index in [9.17, 15) is 18.0 Å². The number of fused-ring (bicyclic) bond motifs is 2. The summed E-state index contributed by atoms with van der Waals surface area (Å²) in [7, 11) is -2.12. The van der Waals surface area contributed by atoms with Crippen molar-refractivity contribution in [3.63, 3.8) is 0 Å². The Morgan fingerprint density at radius 1 is 1.15 bits per heavy atom. The first-order valence-electron chi connectivity index (χ1n) is 7.65. The number of aromatic nitrogens is 1. The van der Waals surface area contributed by atoms with Gasteiger partial charge >= 0.3 is 0 Å². The number of halogens is 2. The van der Waals surface area contributed by atoms with Crippen molar-refractivity contribution in [3.05, 3.63) is 57.7 Å². The number of nitrogens with zero attached hydrogens (tertiary/aromatic N) is 1. The van der Waals surface area contributed by atoms with Gasteiger partial charge in [-0.2, -0.15) is 0 Å². The lowest BCUT2D eigenvalue weighted by Crippen LogP contribution is -2.20. The molecule has 1 aliphatic rings. The Hall–Kier alpha value is -2.55. The van der Waals surface area contributed by atoms with E-state index in [1.807, 2.05) is 4.72 Å². The summed E-state index contributed by atoms with van der Waals surface area (Å²) in [4.78, 5) is 24.4. The van der Waals surface area contributed by atoms with E-state index in [1.165, 1.54) is 18.2 Å². The zero-order valence-electron chi connectivity index (χ0n) is 13.7. The topological polar surface area (TPSA) is 97.3 Å². The Kier molecular flexibility index (Phi) is 3.95. The first-order chi connectivity index (χ1) is 12.7. The van der Waals surface area contributed by atoms with Crippen molar-refractivity contribution in [1.82, 2.24) is 9.29 Å². The maximum absolute atomic E-state index is 12.7. The number of hydrogen-bond acceptors (Lipinski definition) is 4. The zero-order valence-corrected chi connectivity index (χ0v) is 16.0. The van der Waals surface area contributed by atoms with Crippen molar-refractivity contribution < 1.29 is 18.0 Å². The van der Waals surface area contributed by atoms with Gasteiger partial charge < -0.3 is 9.88 Å². The van der Waals surface area contributed by atoms with Gasteiger partial charge in [0.15, 0.2) is 0 Å². The van der Waals surface area contributed by atoms with E-state index >= 15 is 0 Å². The van der Waals surface area contributed by atoms with Crippen LogP contribution in [0.4, 0.5) is 5.69 Å². The van der Waals surface area contributed by atoms with Crippen LogP contribution in [-0.2, 0) is 17.1 Å². The molecule has 2 aromatic carbocycles. The first kappa shape index (κ1) is 17.8. The van der Waals surface area contributed by atoms with Gasteiger partial charge in [-0.3, -0.25) is 9.59 Å². The van der Waals surface area contributed by atoms with E-state index in [2.05, 4.69) is 5.32 Å². The van der Waals surface area contributed by atoms with E-state index < -0.39 is 21.8 Å². The molecular formula is C17H11Cl2N3O4S. The summed E-state index contributed by atoms with van der Waals surface area (Å²) in [6, 6.07) is 9.03. The van der Waals surface area contributed by atoms with E-state index in [0.717, 1.165) is 5.52 Å². The molecule has 0 unspecified atom stereocenters. The highest BCUT2D eigenvalue weighted by Crippen LogP contribution is 2.33. The Morgan fingerprint density at radius 2 is 1.89 bits per heavy atom. The third-order valence-corrected chi connectivity index (χ3v) is 6.55. The lowest BCUT2D eigenvalue weighted by atomic mass is 10.2. The fraction of sp³-hybridized carbons (Fsp3) is 0.0588. The molecule has 7 nitrogen and oxygen atoms in total. The highest BCUT2D eigenvalue weighted by molar-refractivity contribution is 7.90. The average molecular weight is 424 g/mol. The van der Waals surface area contributed by atoms with Crippen LogP contribution >= 0.6 is 23.2 Å². The van der Waals surface area contributed by atoms with Gasteiger partial charge in [0.2, 0.25) is 0 Å². The quantitative estimate of drug-likeness (QED) is 0.661. The summed E-state index contributed by atoms with van der Waals surface area (Å²) in [6.07, 6.45) is 0. The summed E-state index contributed by atoms with van der Waals surface area (Å²) in [5.41, 5.74) is 1.33. The number of nitrogens with one attached hydrogen (secondary N) is 2. The fourth-order valence-corrected chi connectivity index (χ4v) is 4.55. The van der Waals surface area contributed by atoms with Crippen molar-refractivity contribution >= 4 is 61.6 Å². The van der Waals surface area contributed by atoms with Crippen LogP contribution < -0.4 is 10.0 Å². The number of amides is 2. The molecule has 0 saturated carbocycles. The average Bonchev–Trinajstić information content (AvgIpc) is 3.06. The molecule has 0 spiro atoms. The molecule has 2 N–H and O–H groups in total. The predicted molar refractivity (Wildman–Crippen MR) is 102 cm³/mol. The highest BCUT2D eigenvalue weighted by atomic mass is 35.5. The molecule has 138 valence electrons. The van der Waals surface area contributed by atoms with Gasteiger partial charge in [-0.05, 0) is 36.4 Å². The van der Waals surface area contributed by atoms with Crippen LogP contribution in [0, 0.1) is 0 Å². The van der Waals surface area contributed by atoms with Gasteiger partial charge in [0.25, 0.3) is 21.8 Å². The van der Waals surface area contributed by atoms with Crippen LogP contribution in [-0.4, -0.2) is 24.8 Å². The molecule has 1 aliphatic heterocycles. The number of aryl methyl sites for hydroxylation is 1. The fourth-order valence-electron chi connectivity index (χ4n) is 3.01. The van der Waals surface area contributed by atoms with E-state index in [-0.39, 0.29) is 10.5 Å². The molecular weight excluding hydrogens is 413 g/mol. The molecule has 0 bridgehead atoms. The SMILES string of the molecule is Cn1c(C(=O)Nc2ccc3c(c2)C(=O)NS3(=O)=O)cc2c(Cl)c(Cl)ccc21. The molecule has 10 heteroatoms. The molecule has 0 aliphatic carbocycles. The number of sulfonamides is 1. The molecule has 2 heterocycles. The Bertz CT molecular complexity index is 1260. The molecule has 0 radical (unpaired) electrons. The van der Waals surface area contributed by atoms with Crippen molar-refractivity contribution in [2.24, 2.45) is 7.05 Å². The van der Waals surface area contributed by atoms with Crippen molar-refractivity contribution in [1.29, 1.82) is 0 Å². The maximum Gasteiger partial charge on any atom is 0.272 e. The molecule has 0 fully saturated rings. The second-order valence-electron chi connectivity index (χ2n) is 5.98. The minimum atomic E-state index is -3.83. The molecule has 1 aromatic heterocycles. The van der Waals surface area contributed by atoms with Crippen LogP contribution in [0.1, 0.15) is 20.8 Å². The standard InChI is InChI=1S/C17H11Cl2N3O4S/c1-22-12-4-3-11(18)15(19)9(12)7-13(22)17(24)20-8-2-5-14-10(6-8)16(23)21-27(14,25)26/h2-7H,1H3,(H,20,24)(H,21,23). The monoisotopic (exact) mass is 423 g/mol. The van der Waals surface area contributed by atoms with E-state index in [4.69, 9.17) is 23.2 Å². The molecule has 0 saturated heterocycles. The lowest BCUT2D eigenvalue weighted by Gasteiger charge is -2.07. The Morgan fingerprint density at radius 3 is 2.63 bits per heavy atom. The second kappa shape index (κ2) is 5.98. The number of carbonyl (C=O) groups excluding carboxylic acids is 2. The first-order valence-corrected chi connectivity index (χ1v) is 9.89. The van der Waals surface area contributed by atoms with Crippen LogP contribution in [0.25, 0.3) is 10.9 Å². The van der Waals surface area contributed by atoms with Crippen molar-refractivity contribution in [2.75, 3.05) is 5.32 Å². The Labute approximate surface area is 163 Å². The van der Waals surface area contributed by atoms with Gasteiger partial charge in [-0.1, -0.05) is 23.2 Å². The highest BCUT2D eigenvalue weighted by Gasteiger charge is 2.32. The summed E-state index contributed by atoms with van der Waals surface area (Å²) in [5.74, 6) is -1.17. The van der Waals surface area contributed by atoms with Gasteiger partial charge in [0.1, 0.15) is 10.6 Å². The van der Waals surface area contributed by atoms with Crippen LogP contribution in [0.2, 0.25) is 10.0 Å². The number of carbonyl (C=O) groups is 2. The summed E-state index contributed by atoms with van der Waals surface area (Å²) < 4.78 is 27.1. The number of benzene rings is 2. The van der Waals surface area contributed by atoms with Crippen molar-refractivity contribution in [2.45, 2.75) is 4.90 Å². The third-order valence-electron chi connectivity index (χ3n) is 4.34. The van der Waals surface area contributed by atoms with Crippen LogP contribution in [0.15, 0.2) is 41.3 Å². The number of hydrogen-bond donors (Lipinski definition) is 2. The summed E-state index contributed by atoms with van der Waals surface area (Å²) in [5, 5.41) is 4.03. The maximum atomic E-state index is 12.7. The van der Waals surface area contributed by atoms with Crippen molar-refractivity contribution in [3.8, 4) is 0 Å². The lowest BCUT2D eigenvalue weighted by molar-refractivity contribution is 0.0982. The zero-order chi connectivity index (χ0) is 19.5. The number of rotatable bonds is 2. The van der Waals surface area contributed by atoms with Crippen LogP contribution in [0.3, 0.4) is 0 Å². The minimum absolute atomic E-state index is 0.0142. The van der Waals surface area contributed by atoms with E-state index in [0.29, 0.717) is 26.8 Å². The molecule has 27 heavy (non-hydrogen) atoms. The molecule has 4 rings (SSSR count). The predicted octanol–water partition coefficient (Wildman–Crippen LogP) is 3.17. The summed E-state index contributed by atoms with van der Waals surface area (Å²) >= 11 is 12.2. The molecule has 2 amide bonds. The molecule has 3 aromatic rings. The normalized spacial score (nSPS) is 14.9. The third kappa shape index (κ3) is 2.77. The number of anilines is 1. The Balaban J connectivity index is 1.71. The smallest absolute Gasteiger partial charge is 0.272 e. The van der Waals surface area contributed by atoms with E-state index in [1.54, 1.807) is 29.8 Å². The van der Waals surface area contributed by atoms with Gasteiger partial charge in [-0.15, -0.1) is 0 Å². The van der Waals surface area contributed by atoms with Crippen LogP contribution in [0.5, 0.6) is 0 Å². The minimum Gasteiger partial charge on any atom is -0.340 e. The van der Waals surface area contributed by atoms with Gasteiger partial charge in [0.05, 0.1) is 15.6 Å². The largest absolute Gasteiger partial charge is 0.340 e. The summed E-state index contributed by atoms with van der Waals surface area (Å²) in [6.45, 7) is 0. The van der Waals surface area contributed by atoms with Gasteiger partial charge in [0, 0.05) is 23.6 Å².